The molecule has 0 bridgehead atoms. The molecule has 1 saturated heterocycles. The summed E-state index contributed by atoms with van der Waals surface area (Å²) < 4.78 is 27.3. The predicted molar refractivity (Wildman–Crippen MR) is 122 cm³/mol. The van der Waals surface area contributed by atoms with E-state index in [9.17, 15) is 19.2 Å². The SMILES string of the molecule is CCCCN(/C=N/[C@@H]1O[C@H](COC(C)=O)[C@@H](OC(C)=O)[C@H](OC(C)=O)[C@H]1OC(C)=O)CCCC. The Bertz CT molecular complexity index is 705. The number of carbonyl (C=O) groups is 4. The first-order valence-electron chi connectivity index (χ1n) is 11.7. The molecule has 1 heterocycles. The molecular formula is C23H38N2O9. The molecule has 194 valence electrons. The lowest BCUT2D eigenvalue weighted by Gasteiger charge is -2.43. The normalized spacial score (nSPS) is 24.4. The Kier molecular flexibility index (Phi) is 13.2. The fourth-order valence-corrected chi connectivity index (χ4v) is 3.44. The van der Waals surface area contributed by atoms with Crippen LogP contribution < -0.4 is 0 Å². The minimum atomic E-state index is -1.22. The number of carbonyl (C=O) groups excluding carboxylic acids is 4. The maximum Gasteiger partial charge on any atom is 0.303 e. The second-order valence-corrected chi connectivity index (χ2v) is 8.10. The Morgan fingerprint density at radius 2 is 1.29 bits per heavy atom. The van der Waals surface area contributed by atoms with E-state index >= 15 is 0 Å². The van der Waals surface area contributed by atoms with Crippen molar-refractivity contribution < 1.29 is 42.9 Å². The van der Waals surface area contributed by atoms with Gasteiger partial charge in [0.1, 0.15) is 12.7 Å². The number of hydrogen-bond donors (Lipinski definition) is 0. The van der Waals surface area contributed by atoms with Crippen molar-refractivity contribution in [3.63, 3.8) is 0 Å². The first-order valence-corrected chi connectivity index (χ1v) is 11.7. The zero-order chi connectivity index (χ0) is 25.7. The van der Waals surface area contributed by atoms with Crippen molar-refractivity contribution in [2.75, 3.05) is 19.7 Å². The van der Waals surface area contributed by atoms with Gasteiger partial charge in [-0.15, -0.1) is 0 Å². The van der Waals surface area contributed by atoms with E-state index in [2.05, 4.69) is 18.8 Å². The summed E-state index contributed by atoms with van der Waals surface area (Å²) in [5, 5.41) is 0. The van der Waals surface area contributed by atoms with E-state index in [-0.39, 0.29) is 6.61 Å². The van der Waals surface area contributed by atoms with Gasteiger partial charge >= 0.3 is 23.9 Å². The monoisotopic (exact) mass is 486 g/mol. The van der Waals surface area contributed by atoms with Gasteiger partial charge in [0.2, 0.25) is 0 Å². The molecule has 0 aromatic rings. The van der Waals surface area contributed by atoms with Crippen molar-refractivity contribution in [1.29, 1.82) is 0 Å². The number of hydrogen-bond acceptors (Lipinski definition) is 10. The van der Waals surface area contributed by atoms with Crippen molar-refractivity contribution in [1.82, 2.24) is 4.90 Å². The molecule has 0 spiro atoms. The second-order valence-electron chi connectivity index (χ2n) is 8.10. The summed E-state index contributed by atoms with van der Waals surface area (Å²) in [6.07, 6.45) is -0.110. The molecule has 1 rings (SSSR count). The highest BCUT2D eigenvalue weighted by atomic mass is 16.7. The van der Waals surface area contributed by atoms with Crippen LogP contribution >= 0.6 is 0 Å². The molecule has 5 atom stereocenters. The van der Waals surface area contributed by atoms with Crippen molar-refractivity contribution in [3.8, 4) is 0 Å². The van der Waals surface area contributed by atoms with E-state index in [0.29, 0.717) is 0 Å². The Hall–Kier alpha value is -2.69. The van der Waals surface area contributed by atoms with Gasteiger partial charge in [-0.3, -0.25) is 19.2 Å². The maximum absolute atomic E-state index is 11.9. The van der Waals surface area contributed by atoms with Crippen LogP contribution in [0.3, 0.4) is 0 Å². The molecule has 0 N–H and O–H groups in total. The Morgan fingerprint density at radius 3 is 1.76 bits per heavy atom. The lowest BCUT2D eigenvalue weighted by molar-refractivity contribution is -0.250. The number of nitrogens with zero attached hydrogens (tertiary/aromatic N) is 2. The number of unbranched alkanes of at least 4 members (excludes halogenated alkanes) is 2. The van der Waals surface area contributed by atoms with Crippen molar-refractivity contribution in [2.45, 2.75) is 97.9 Å². The zero-order valence-corrected chi connectivity index (χ0v) is 21.0. The van der Waals surface area contributed by atoms with Gasteiger partial charge in [-0.25, -0.2) is 4.99 Å². The molecule has 1 aliphatic heterocycles. The van der Waals surface area contributed by atoms with Crippen LogP contribution in [-0.4, -0.2) is 85.5 Å². The predicted octanol–water partition coefficient (Wildman–Crippen LogP) is 2.00. The van der Waals surface area contributed by atoms with Crippen molar-refractivity contribution >= 4 is 30.2 Å². The fourth-order valence-electron chi connectivity index (χ4n) is 3.44. The van der Waals surface area contributed by atoms with Crippen LogP contribution in [0.25, 0.3) is 0 Å². The third kappa shape index (κ3) is 10.5. The van der Waals surface area contributed by atoms with E-state index in [4.69, 9.17) is 23.7 Å². The largest absolute Gasteiger partial charge is 0.463 e. The van der Waals surface area contributed by atoms with Gasteiger partial charge in [-0.1, -0.05) is 26.7 Å². The molecule has 0 amide bonds. The van der Waals surface area contributed by atoms with E-state index in [1.807, 2.05) is 4.90 Å². The molecule has 1 aliphatic rings. The standard InChI is InChI=1S/C23H38N2O9/c1-7-9-11-25(12-10-8-2)14-24-23-22(33-18(6)29)21(32-17(5)28)20(31-16(4)27)19(34-23)13-30-15(3)26/h14,19-23H,7-13H2,1-6H3/b24-14+/t19-,20-,21+,22-,23-/m1/s1. The lowest BCUT2D eigenvalue weighted by Crippen LogP contribution is -2.62. The summed E-state index contributed by atoms with van der Waals surface area (Å²) in [6.45, 7) is 10.3. The molecular weight excluding hydrogens is 448 g/mol. The first kappa shape index (κ1) is 29.3. The summed E-state index contributed by atoms with van der Waals surface area (Å²) in [4.78, 5) is 53.5. The summed E-state index contributed by atoms with van der Waals surface area (Å²) in [7, 11) is 0. The third-order valence-electron chi connectivity index (χ3n) is 4.94. The molecule has 1 fully saturated rings. The van der Waals surface area contributed by atoms with Gasteiger partial charge in [0.05, 0.1) is 6.34 Å². The van der Waals surface area contributed by atoms with E-state index < -0.39 is 54.5 Å². The zero-order valence-electron chi connectivity index (χ0n) is 21.0. The molecule has 0 saturated carbocycles. The summed E-state index contributed by atoms with van der Waals surface area (Å²) in [5.74, 6) is -2.57. The molecule has 11 heteroatoms. The number of ether oxygens (including phenoxy) is 5. The highest BCUT2D eigenvalue weighted by Crippen LogP contribution is 2.30. The summed E-state index contributed by atoms with van der Waals surface area (Å²) in [5.41, 5.74) is 0. The fraction of sp³-hybridized carbons (Fsp3) is 0.783. The Labute approximate surface area is 201 Å². The molecule has 11 nitrogen and oxygen atoms in total. The van der Waals surface area contributed by atoms with Crippen LogP contribution in [0.2, 0.25) is 0 Å². The number of aliphatic imine (C=N–C) groups is 1. The van der Waals surface area contributed by atoms with Crippen LogP contribution in [0.15, 0.2) is 4.99 Å². The lowest BCUT2D eigenvalue weighted by atomic mass is 9.97. The van der Waals surface area contributed by atoms with E-state index in [1.54, 1.807) is 6.34 Å². The van der Waals surface area contributed by atoms with Crippen LogP contribution in [0.4, 0.5) is 0 Å². The van der Waals surface area contributed by atoms with Gasteiger partial charge in [-0.2, -0.15) is 0 Å². The minimum Gasteiger partial charge on any atom is -0.463 e. The molecule has 0 aromatic carbocycles. The topological polar surface area (TPSA) is 130 Å². The second kappa shape index (κ2) is 15.3. The van der Waals surface area contributed by atoms with Crippen LogP contribution in [0.5, 0.6) is 0 Å². The quantitative estimate of drug-likeness (QED) is 0.165. The van der Waals surface area contributed by atoms with Crippen molar-refractivity contribution in [2.24, 2.45) is 4.99 Å². The third-order valence-corrected chi connectivity index (χ3v) is 4.94. The van der Waals surface area contributed by atoms with E-state index in [0.717, 1.165) is 38.8 Å². The van der Waals surface area contributed by atoms with Crippen molar-refractivity contribution in [3.05, 3.63) is 0 Å². The van der Waals surface area contributed by atoms with Gasteiger partial charge in [0, 0.05) is 40.8 Å². The number of esters is 4. The van der Waals surface area contributed by atoms with Gasteiger partial charge in [0.25, 0.3) is 0 Å². The maximum atomic E-state index is 11.9. The summed E-state index contributed by atoms with van der Waals surface area (Å²) >= 11 is 0. The first-order chi connectivity index (χ1) is 16.1. The molecule has 0 aliphatic carbocycles. The van der Waals surface area contributed by atoms with E-state index in [1.165, 1.54) is 27.7 Å². The Balaban J connectivity index is 3.34. The van der Waals surface area contributed by atoms with Gasteiger partial charge in [0.15, 0.2) is 24.5 Å². The summed E-state index contributed by atoms with van der Waals surface area (Å²) in [6, 6.07) is 0. The minimum absolute atomic E-state index is 0.279. The molecule has 0 aromatic heterocycles. The Morgan fingerprint density at radius 1 is 0.794 bits per heavy atom. The van der Waals surface area contributed by atoms with Crippen LogP contribution in [0.1, 0.15) is 67.2 Å². The average molecular weight is 487 g/mol. The smallest absolute Gasteiger partial charge is 0.303 e. The van der Waals surface area contributed by atoms with Crippen LogP contribution in [0, 0.1) is 0 Å². The molecule has 0 unspecified atom stereocenters. The molecule has 0 radical (unpaired) electrons. The average Bonchev–Trinajstić information content (AvgIpc) is 2.74. The van der Waals surface area contributed by atoms with Gasteiger partial charge < -0.3 is 28.6 Å². The molecule has 34 heavy (non-hydrogen) atoms. The highest BCUT2D eigenvalue weighted by Gasteiger charge is 2.52. The highest BCUT2D eigenvalue weighted by molar-refractivity contribution is 5.69. The van der Waals surface area contributed by atoms with Crippen LogP contribution in [-0.2, 0) is 42.9 Å². The van der Waals surface area contributed by atoms with Gasteiger partial charge in [-0.05, 0) is 12.8 Å². The number of rotatable bonds is 13.